The van der Waals surface area contributed by atoms with Gasteiger partial charge in [0.25, 0.3) is 0 Å². The highest BCUT2D eigenvalue weighted by Crippen LogP contribution is 2.24. The summed E-state index contributed by atoms with van der Waals surface area (Å²) in [7, 11) is 4.25. The Morgan fingerprint density at radius 3 is 2.85 bits per heavy atom. The number of rotatable bonds is 3. The van der Waals surface area contributed by atoms with Crippen LogP contribution < -0.4 is 0 Å². The highest BCUT2D eigenvalue weighted by Gasteiger charge is 2.24. The Morgan fingerprint density at radius 2 is 2.15 bits per heavy atom. The van der Waals surface area contributed by atoms with E-state index in [1.165, 1.54) is 19.4 Å². The van der Waals surface area contributed by atoms with E-state index in [0.717, 1.165) is 30.6 Å². The van der Waals surface area contributed by atoms with Crippen LogP contribution >= 0.6 is 0 Å². The summed E-state index contributed by atoms with van der Waals surface area (Å²) in [4.78, 5) is 6.63. The molecule has 2 aromatic heterocycles. The molecule has 3 rings (SSSR count). The van der Waals surface area contributed by atoms with Gasteiger partial charge in [0.2, 0.25) is 0 Å². The van der Waals surface area contributed by atoms with E-state index in [4.69, 9.17) is 0 Å². The molecular formula is C14H22N6. The lowest BCUT2D eigenvalue weighted by atomic mass is 9.98. The molecule has 1 aliphatic rings. The van der Waals surface area contributed by atoms with Gasteiger partial charge in [-0.15, -0.1) is 10.2 Å². The second-order valence-electron chi connectivity index (χ2n) is 5.74. The summed E-state index contributed by atoms with van der Waals surface area (Å²) in [6, 6.07) is 0. The van der Waals surface area contributed by atoms with Crippen molar-refractivity contribution in [2.45, 2.75) is 32.2 Å². The molecule has 0 aromatic carbocycles. The van der Waals surface area contributed by atoms with Gasteiger partial charge in [-0.2, -0.15) is 0 Å². The number of imidazole rings is 1. The molecule has 0 saturated carbocycles. The lowest BCUT2D eigenvalue weighted by molar-refractivity contribution is 0.243. The smallest absolute Gasteiger partial charge is 0.152 e. The Hall–Kier alpha value is -1.69. The fourth-order valence-corrected chi connectivity index (χ4v) is 2.97. The molecule has 3 heterocycles. The maximum absolute atomic E-state index is 4.44. The van der Waals surface area contributed by atoms with Gasteiger partial charge in [-0.25, -0.2) is 4.98 Å². The topological polar surface area (TPSA) is 51.8 Å². The standard InChI is InChI=1S/C14H22N6/c1-11-15-6-8-20(11)10-13-16-17-14(19(13)3)12-5-4-7-18(2)9-12/h6,8,12H,4-5,7,9-10H2,1-3H3. The molecule has 1 fully saturated rings. The van der Waals surface area contributed by atoms with E-state index in [9.17, 15) is 0 Å². The minimum Gasteiger partial charge on any atom is -0.328 e. The van der Waals surface area contributed by atoms with Gasteiger partial charge in [0, 0.05) is 31.9 Å². The molecule has 2 aromatic rings. The molecular weight excluding hydrogens is 252 g/mol. The van der Waals surface area contributed by atoms with Gasteiger partial charge in [0.1, 0.15) is 11.6 Å². The van der Waals surface area contributed by atoms with Crippen LogP contribution in [0, 0.1) is 6.92 Å². The summed E-state index contributed by atoms with van der Waals surface area (Å²) in [5.41, 5.74) is 0. The van der Waals surface area contributed by atoms with E-state index in [0.29, 0.717) is 5.92 Å². The molecule has 6 nitrogen and oxygen atoms in total. The predicted octanol–water partition coefficient (Wildman–Crippen LogP) is 1.18. The minimum atomic E-state index is 0.504. The second-order valence-corrected chi connectivity index (χ2v) is 5.74. The molecule has 6 heteroatoms. The van der Waals surface area contributed by atoms with Crippen LogP contribution in [0.4, 0.5) is 0 Å². The van der Waals surface area contributed by atoms with Crippen LogP contribution in [0.15, 0.2) is 12.4 Å². The third-order valence-corrected chi connectivity index (χ3v) is 4.22. The highest BCUT2D eigenvalue weighted by molar-refractivity contribution is 5.05. The third kappa shape index (κ3) is 2.47. The van der Waals surface area contributed by atoms with Crippen molar-refractivity contribution in [3.8, 4) is 0 Å². The zero-order valence-electron chi connectivity index (χ0n) is 12.5. The average molecular weight is 274 g/mol. The van der Waals surface area contributed by atoms with E-state index in [2.05, 4.69) is 43.3 Å². The Labute approximate surface area is 119 Å². The fraction of sp³-hybridized carbons (Fsp3) is 0.643. The summed E-state index contributed by atoms with van der Waals surface area (Å²) in [6.45, 7) is 5.01. The third-order valence-electron chi connectivity index (χ3n) is 4.22. The van der Waals surface area contributed by atoms with Crippen LogP contribution in [0.3, 0.4) is 0 Å². The van der Waals surface area contributed by atoms with Gasteiger partial charge < -0.3 is 14.0 Å². The maximum Gasteiger partial charge on any atom is 0.152 e. The summed E-state index contributed by atoms with van der Waals surface area (Å²) in [6.07, 6.45) is 6.26. The molecule has 0 spiro atoms. The number of nitrogens with zero attached hydrogens (tertiary/aromatic N) is 6. The highest BCUT2D eigenvalue weighted by atomic mass is 15.3. The molecule has 0 amide bonds. The number of aromatic nitrogens is 5. The first kappa shape index (κ1) is 13.3. The van der Waals surface area contributed by atoms with Crippen molar-refractivity contribution < 1.29 is 0 Å². The number of likely N-dealkylation sites (N-methyl/N-ethyl adjacent to an activating group) is 1. The van der Waals surface area contributed by atoms with Crippen LogP contribution in [0.1, 0.15) is 36.2 Å². The molecule has 0 N–H and O–H groups in total. The zero-order valence-corrected chi connectivity index (χ0v) is 12.5. The number of likely N-dealkylation sites (tertiary alicyclic amines) is 1. The molecule has 1 atom stereocenters. The van der Waals surface area contributed by atoms with Crippen molar-refractivity contribution >= 4 is 0 Å². The van der Waals surface area contributed by atoms with Crippen LogP contribution in [-0.2, 0) is 13.6 Å². The molecule has 1 saturated heterocycles. The van der Waals surface area contributed by atoms with E-state index in [1.54, 1.807) is 0 Å². The normalized spacial score (nSPS) is 20.4. The van der Waals surface area contributed by atoms with Crippen LogP contribution in [-0.4, -0.2) is 49.4 Å². The Morgan fingerprint density at radius 1 is 1.30 bits per heavy atom. The SMILES string of the molecule is Cc1nccn1Cc1nnc(C2CCCN(C)C2)n1C. The van der Waals surface area contributed by atoms with Gasteiger partial charge in [0.05, 0.1) is 6.54 Å². The predicted molar refractivity (Wildman–Crippen MR) is 76.5 cm³/mol. The first-order valence-electron chi connectivity index (χ1n) is 7.19. The molecule has 1 aliphatic heterocycles. The van der Waals surface area contributed by atoms with Gasteiger partial charge in [-0.3, -0.25) is 0 Å². The maximum atomic E-state index is 4.44. The average Bonchev–Trinajstić information content (AvgIpc) is 2.98. The number of aryl methyl sites for hydroxylation is 1. The van der Waals surface area contributed by atoms with Gasteiger partial charge >= 0.3 is 0 Å². The summed E-state index contributed by atoms with van der Waals surface area (Å²) < 4.78 is 4.25. The molecule has 20 heavy (non-hydrogen) atoms. The summed E-state index contributed by atoms with van der Waals surface area (Å²) in [5, 5.41) is 8.81. The van der Waals surface area contributed by atoms with E-state index < -0.39 is 0 Å². The lowest BCUT2D eigenvalue weighted by Gasteiger charge is -2.28. The zero-order chi connectivity index (χ0) is 14.1. The fourth-order valence-electron chi connectivity index (χ4n) is 2.97. The quantitative estimate of drug-likeness (QED) is 0.843. The molecule has 108 valence electrons. The number of piperidine rings is 1. The molecule has 0 bridgehead atoms. The second kappa shape index (κ2) is 5.36. The van der Waals surface area contributed by atoms with Gasteiger partial charge in [-0.1, -0.05) is 0 Å². The van der Waals surface area contributed by atoms with E-state index in [1.807, 2.05) is 19.3 Å². The van der Waals surface area contributed by atoms with Crippen molar-refractivity contribution in [3.63, 3.8) is 0 Å². The monoisotopic (exact) mass is 274 g/mol. The van der Waals surface area contributed by atoms with E-state index >= 15 is 0 Å². The molecule has 0 radical (unpaired) electrons. The summed E-state index contributed by atoms with van der Waals surface area (Å²) in [5.74, 6) is 3.62. The van der Waals surface area contributed by atoms with Gasteiger partial charge in [-0.05, 0) is 33.4 Å². The first-order valence-corrected chi connectivity index (χ1v) is 7.19. The van der Waals surface area contributed by atoms with Crippen LogP contribution in [0.25, 0.3) is 0 Å². The summed E-state index contributed by atoms with van der Waals surface area (Å²) >= 11 is 0. The first-order chi connectivity index (χ1) is 9.65. The Bertz CT molecular complexity index is 584. The van der Waals surface area contributed by atoms with Crippen molar-refractivity contribution in [3.05, 3.63) is 29.9 Å². The minimum absolute atomic E-state index is 0.504. The van der Waals surface area contributed by atoms with Crippen LogP contribution in [0.2, 0.25) is 0 Å². The van der Waals surface area contributed by atoms with Crippen molar-refractivity contribution in [2.75, 3.05) is 20.1 Å². The Balaban J connectivity index is 1.80. The molecule has 0 aliphatic carbocycles. The van der Waals surface area contributed by atoms with Crippen molar-refractivity contribution in [1.82, 2.24) is 29.2 Å². The lowest BCUT2D eigenvalue weighted by Crippen LogP contribution is -2.32. The van der Waals surface area contributed by atoms with Crippen molar-refractivity contribution in [1.29, 1.82) is 0 Å². The molecule has 1 unspecified atom stereocenters. The van der Waals surface area contributed by atoms with Crippen molar-refractivity contribution in [2.24, 2.45) is 7.05 Å². The van der Waals surface area contributed by atoms with E-state index in [-0.39, 0.29) is 0 Å². The Kier molecular flexibility index (Phi) is 3.56. The number of hydrogen-bond acceptors (Lipinski definition) is 4. The largest absolute Gasteiger partial charge is 0.328 e. The number of hydrogen-bond donors (Lipinski definition) is 0. The van der Waals surface area contributed by atoms with Gasteiger partial charge in [0.15, 0.2) is 5.82 Å². The van der Waals surface area contributed by atoms with Crippen LogP contribution in [0.5, 0.6) is 0 Å².